The summed E-state index contributed by atoms with van der Waals surface area (Å²) >= 11 is 1.72. The largest absolute Gasteiger partial charge is 0.342 e. The second-order valence-corrected chi connectivity index (χ2v) is 10.6. The van der Waals surface area contributed by atoms with Crippen LogP contribution in [0.25, 0.3) is 10.6 Å². The van der Waals surface area contributed by atoms with Crippen LogP contribution >= 0.6 is 11.3 Å². The zero-order chi connectivity index (χ0) is 23.5. The Morgan fingerprint density at radius 2 is 1.85 bits per heavy atom. The Morgan fingerprint density at radius 1 is 1.06 bits per heavy atom. The van der Waals surface area contributed by atoms with Crippen LogP contribution in [0.15, 0.2) is 42.7 Å². The maximum absolute atomic E-state index is 12.9. The van der Waals surface area contributed by atoms with Gasteiger partial charge in [-0.3, -0.25) is 4.79 Å². The van der Waals surface area contributed by atoms with Gasteiger partial charge in [-0.1, -0.05) is 6.07 Å². The van der Waals surface area contributed by atoms with Gasteiger partial charge in [0.25, 0.3) is 0 Å². The molecule has 0 aromatic carbocycles. The lowest BCUT2D eigenvalue weighted by Crippen LogP contribution is -2.45. The van der Waals surface area contributed by atoms with E-state index in [-0.39, 0.29) is 12.0 Å². The summed E-state index contributed by atoms with van der Waals surface area (Å²) in [4.78, 5) is 29.9. The molecule has 3 N–H and O–H groups in total. The van der Waals surface area contributed by atoms with Crippen LogP contribution in [-0.4, -0.2) is 44.9 Å². The van der Waals surface area contributed by atoms with E-state index >= 15 is 0 Å². The van der Waals surface area contributed by atoms with E-state index in [2.05, 4.69) is 10.3 Å². The fourth-order valence-electron chi connectivity index (χ4n) is 4.94. The molecule has 0 radical (unpaired) electrons. The Kier molecular flexibility index (Phi) is 6.87. The van der Waals surface area contributed by atoms with Crippen LogP contribution in [-0.2, 0) is 4.79 Å². The van der Waals surface area contributed by atoms with Crippen molar-refractivity contribution < 1.29 is 4.79 Å². The molecule has 0 spiro atoms. The lowest BCUT2D eigenvalue weighted by Gasteiger charge is -2.35. The average molecular weight is 477 g/mol. The molecule has 7 nitrogen and oxygen atoms in total. The van der Waals surface area contributed by atoms with Gasteiger partial charge in [0, 0.05) is 43.4 Å². The lowest BCUT2D eigenvalue weighted by atomic mass is 9.81. The molecule has 0 bridgehead atoms. The fraction of sp³-hybridized carbons (Fsp3) is 0.462. The van der Waals surface area contributed by atoms with E-state index in [1.165, 1.54) is 0 Å². The average Bonchev–Trinajstić information content (AvgIpc) is 3.35. The van der Waals surface area contributed by atoms with Crippen LogP contribution < -0.4 is 11.1 Å². The van der Waals surface area contributed by atoms with Crippen molar-refractivity contribution in [2.75, 3.05) is 18.4 Å². The first-order valence-corrected chi connectivity index (χ1v) is 13.0. The number of carbonyl (C=O) groups excluding carboxylic acids is 1. The molecule has 34 heavy (non-hydrogen) atoms. The molecular formula is C26H32N6OS. The number of piperidine rings is 1. The lowest BCUT2D eigenvalue weighted by molar-refractivity contribution is -0.137. The Labute approximate surface area is 204 Å². The number of thiazole rings is 1. The van der Waals surface area contributed by atoms with Gasteiger partial charge < -0.3 is 16.0 Å². The fourth-order valence-corrected chi connectivity index (χ4v) is 5.99. The maximum Gasteiger partial charge on any atom is 0.225 e. The summed E-state index contributed by atoms with van der Waals surface area (Å²) in [7, 11) is 0. The van der Waals surface area contributed by atoms with Gasteiger partial charge in [-0.05, 0) is 75.3 Å². The first kappa shape index (κ1) is 22.9. The summed E-state index contributed by atoms with van der Waals surface area (Å²) in [5, 5.41) is 4.45. The van der Waals surface area contributed by atoms with E-state index < -0.39 is 0 Å². The molecule has 178 valence electrons. The van der Waals surface area contributed by atoms with Crippen molar-refractivity contribution in [2.24, 2.45) is 11.7 Å². The second-order valence-electron chi connectivity index (χ2n) is 9.53. The number of hydrogen-bond acceptors (Lipinski definition) is 7. The Balaban J connectivity index is 1.20. The predicted molar refractivity (Wildman–Crippen MR) is 136 cm³/mol. The predicted octanol–water partition coefficient (Wildman–Crippen LogP) is 4.88. The number of nitrogens with zero attached hydrogens (tertiary/aromatic N) is 4. The highest BCUT2D eigenvalue weighted by Gasteiger charge is 2.32. The molecule has 2 fully saturated rings. The molecule has 0 unspecified atom stereocenters. The summed E-state index contributed by atoms with van der Waals surface area (Å²) in [5.74, 6) is 2.47. The number of aromatic nitrogens is 3. The normalized spacial score (nSPS) is 21.4. The summed E-state index contributed by atoms with van der Waals surface area (Å²) < 4.78 is 0. The molecule has 5 rings (SSSR count). The number of likely N-dealkylation sites (tertiary alicyclic amines) is 1. The molecule has 4 heterocycles. The maximum atomic E-state index is 12.9. The first-order valence-electron chi connectivity index (χ1n) is 12.2. The number of carbonyl (C=O) groups is 1. The van der Waals surface area contributed by atoms with Crippen LogP contribution in [0, 0.1) is 12.8 Å². The van der Waals surface area contributed by atoms with Crippen molar-refractivity contribution in [1.29, 1.82) is 0 Å². The molecule has 3 aromatic rings. The SMILES string of the molecule is Cc1ccnc(Nc2cccc(-c3cnc(C4CCC(C(=O)N5CCC(N)CC5)CC4)s3)n2)c1. The Hall–Kier alpha value is -2.84. The van der Waals surface area contributed by atoms with Gasteiger partial charge in [-0.15, -0.1) is 11.3 Å². The van der Waals surface area contributed by atoms with Gasteiger partial charge in [0.05, 0.1) is 15.6 Å². The summed E-state index contributed by atoms with van der Waals surface area (Å²) in [6.45, 7) is 3.68. The van der Waals surface area contributed by atoms with Crippen molar-refractivity contribution in [1.82, 2.24) is 19.9 Å². The third-order valence-corrected chi connectivity index (χ3v) is 8.16. The Bertz CT molecular complexity index is 1130. The molecule has 1 aliphatic heterocycles. The number of pyridine rings is 2. The summed E-state index contributed by atoms with van der Waals surface area (Å²) in [6.07, 6.45) is 9.51. The number of nitrogens with one attached hydrogen (secondary N) is 1. The Morgan fingerprint density at radius 3 is 2.62 bits per heavy atom. The molecule has 1 saturated carbocycles. The molecular weight excluding hydrogens is 444 g/mol. The van der Waals surface area contributed by atoms with E-state index in [4.69, 9.17) is 15.7 Å². The highest BCUT2D eigenvalue weighted by Crippen LogP contribution is 2.40. The van der Waals surface area contributed by atoms with Crippen LogP contribution in [0.4, 0.5) is 11.6 Å². The zero-order valence-electron chi connectivity index (χ0n) is 19.6. The van der Waals surface area contributed by atoms with Crippen molar-refractivity contribution in [3.63, 3.8) is 0 Å². The molecule has 2 aliphatic rings. The van der Waals surface area contributed by atoms with E-state index in [1.807, 2.05) is 48.4 Å². The second kappa shape index (κ2) is 10.2. The molecule has 1 amide bonds. The monoisotopic (exact) mass is 476 g/mol. The highest BCUT2D eigenvalue weighted by molar-refractivity contribution is 7.15. The minimum atomic E-state index is 0.157. The number of amides is 1. The smallest absolute Gasteiger partial charge is 0.225 e. The highest BCUT2D eigenvalue weighted by atomic mass is 32.1. The van der Waals surface area contributed by atoms with Gasteiger partial charge in [0.1, 0.15) is 11.6 Å². The van der Waals surface area contributed by atoms with Gasteiger partial charge in [0.15, 0.2) is 0 Å². The third kappa shape index (κ3) is 5.28. The van der Waals surface area contributed by atoms with Crippen LogP contribution in [0.2, 0.25) is 0 Å². The zero-order valence-corrected chi connectivity index (χ0v) is 20.4. The minimum Gasteiger partial charge on any atom is -0.342 e. The van der Waals surface area contributed by atoms with Gasteiger partial charge in [-0.25, -0.2) is 15.0 Å². The van der Waals surface area contributed by atoms with E-state index in [9.17, 15) is 4.79 Å². The number of hydrogen-bond donors (Lipinski definition) is 2. The first-order chi connectivity index (χ1) is 16.5. The van der Waals surface area contributed by atoms with E-state index in [1.54, 1.807) is 17.5 Å². The number of nitrogens with two attached hydrogens (primary N) is 1. The summed E-state index contributed by atoms with van der Waals surface area (Å²) in [6, 6.07) is 10.2. The molecule has 8 heteroatoms. The molecule has 1 saturated heterocycles. The van der Waals surface area contributed by atoms with E-state index in [0.29, 0.717) is 11.8 Å². The van der Waals surface area contributed by atoms with E-state index in [0.717, 1.165) is 84.4 Å². The standard InChI is InChI=1S/C26H32N6OS/c1-17-9-12-28-24(15-17)31-23-4-2-3-21(30-23)22-16-29-25(34-22)18-5-7-19(8-6-18)26(33)32-13-10-20(27)11-14-32/h2-4,9,12,15-16,18-20H,5-8,10-11,13-14,27H2,1H3,(H,28,30,31). The molecule has 1 aliphatic carbocycles. The quantitative estimate of drug-likeness (QED) is 0.545. The minimum absolute atomic E-state index is 0.157. The van der Waals surface area contributed by atoms with Crippen molar-refractivity contribution >= 4 is 28.9 Å². The molecule has 3 aromatic heterocycles. The number of anilines is 2. The van der Waals surface area contributed by atoms with Crippen LogP contribution in [0.1, 0.15) is 55.0 Å². The van der Waals surface area contributed by atoms with Gasteiger partial charge in [0.2, 0.25) is 5.91 Å². The molecule has 0 atom stereocenters. The number of aryl methyl sites for hydroxylation is 1. The van der Waals surface area contributed by atoms with Crippen LogP contribution in [0.3, 0.4) is 0 Å². The van der Waals surface area contributed by atoms with Gasteiger partial charge in [-0.2, -0.15) is 0 Å². The summed E-state index contributed by atoms with van der Waals surface area (Å²) in [5.41, 5.74) is 8.06. The number of rotatable bonds is 5. The van der Waals surface area contributed by atoms with Crippen molar-refractivity contribution in [3.05, 3.63) is 53.3 Å². The topological polar surface area (TPSA) is 97.0 Å². The van der Waals surface area contributed by atoms with Crippen molar-refractivity contribution in [2.45, 2.75) is 57.4 Å². The van der Waals surface area contributed by atoms with Gasteiger partial charge >= 0.3 is 0 Å². The van der Waals surface area contributed by atoms with Crippen LogP contribution in [0.5, 0.6) is 0 Å². The van der Waals surface area contributed by atoms with Crippen molar-refractivity contribution in [3.8, 4) is 10.6 Å². The third-order valence-electron chi connectivity index (χ3n) is 6.97.